The summed E-state index contributed by atoms with van der Waals surface area (Å²) in [4.78, 5) is 0. The summed E-state index contributed by atoms with van der Waals surface area (Å²) in [6, 6.07) is 7.89. The summed E-state index contributed by atoms with van der Waals surface area (Å²) in [5.74, 6) is 5.52. The Labute approximate surface area is 109 Å². The van der Waals surface area contributed by atoms with Crippen LogP contribution in [-0.4, -0.2) is 10.2 Å². The van der Waals surface area contributed by atoms with E-state index < -0.39 is 0 Å². The first kappa shape index (κ1) is 14.0. The molecule has 0 aliphatic carbocycles. The van der Waals surface area contributed by atoms with E-state index in [9.17, 15) is 0 Å². The van der Waals surface area contributed by atoms with Crippen LogP contribution in [0.1, 0.15) is 38.8 Å². The van der Waals surface area contributed by atoms with Crippen LogP contribution in [0.5, 0.6) is 0 Å². The van der Waals surface area contributed by atoms with Crippen molar-refractivity contribution in [2.45, 2.75) is 38.5 Å². The molecular weight excluding hydrogens is 224 g/mol. The molecule has 0 aliphatic heterocycles. The third-order valence-corrected chi connectivity index (χ3v) is 3.07. The van der Waals surface area contributed by atoms with E-state index in [2.05, 4.69) is 11.8 Å². The van der Waals surface area contributed by atoms with Crippen molar-refractivity contribution in [1.29, 1.82) is 0 Å². The van der Waals surface area contributed by atoms with Crippen LogP contribution < -0.4 is 0 Å². The summed E-state index contributed by atoms with van der Waals surface area (Å²) in [7, 11) is 0. The molecule has 0 heterocycles. The SMILES string of the molecule is CC(C)(C#CO)c1ccc(C(C)(C)C#CO)cc1. The lowest BCUT2D eigenvalue weighted by molar-refractivity contribution is 0.510. The van der Waals surface area contributed by atoms with Gasteiger partial charge in [-0.15, -0.1) is 0 Å². The Morgan fingerprint density at radius 2 is 1.00 bits per heavy atom. The lowest BCUT2D eigenvalue weighted by atomic mass is 9.81. The minimum absolute atomic E-state index is 0.389. The predicted molar refractivity (Wildman–Crippen MR) is 71.9 cm³/mol. The monoisotopic (exact) mass is 242 g/mol. The maximum atomic E-state index is 8.71. The van der Waals surface area contributed by atoms with Gasteiger partial charge in [0.05, 0.1) is 10.8 Å². The van der Waals surface area contributed by atoms with Gasteiger partial charge in [-0.3, -0.25) is 0 Å². The molecule has 0 saturated heterocycles. The van der Waals surface area contributed by atoms with Gasteiger partial charge in [-0.25, -0.2) is 0 Å². The summed E-state index contributed by atoms with van der Waals surface area (Å²) >= 11 is 0. The normalized spacial score (nSPS) is 10.9. The molecule has 0 atom stereocenters. The molecular formula is C16H18O2. The maximum Gasteiger partial charge on any atom is 0.108 e. The third kappa shape index (κ3) is 2.99. The molecule has 2 nitrogen and oxygen atoms in total. The Balaban J connectivity index is 3.12. The van der Waals surface area contributed by atoms with Gasteiger partial charge in [-0.05, 0) is 50.7 Å². The zero-order chi connectivity index (χ0) is 13.8. The summed E-state index contributed by atoms with van der Waals surface area (Å²) < 4.78 is 0. The number of hydrogen-bond donors (Lipinski definition) is 2. The van der Waals surface area contributed by atoms with Crippen LogP contribution in [0.25, 0.3) is 0 Å². The Bertz CT molecular complexity index is 477. The highest BCUT2D eigenvalue weighted by Crippen LogP contribution is 2.27. The van der Waals surface area contributed by atoms with Gasteiger partial charge < -0.3 is 10.2 Å². The van der Waals surface area contributed by atoms with Crippen LogP contribution in [0.2, 0.25) is 0 Å². The first-order chi connectivity index (χ1) is 8.33. The summed E-state index contributed by atoms with van der Waals surface area (Å²) in [6.45, 7) is 7.79. The zero-order valence-corrected chi connectivity index (χ0v) is 11.2. The molecule has 0 aromatic heterocycles. The predicted octanol–water partition coefficient (Wildman–Crippen LogP) is 2.91. The Kier molecular flexibility index (Phi) is 3.94. The first-order valence-electron chi connectivity index (χ1n) is 5.77. The minimum Gasteiger partial charge on any atom is -0.462 e. The standard InChI is InChI=1S/C16H18O2/c1-15(2,9-11-17)13-5-7-14(8-6-13)16(3,4)10-12-18/h5-8,17-18H,1-4H3. The molecule has 0 amide bonds. The van der Waals surface area contributed by atoms with Crippen LogP contribution >= 0.6 is 0 Å². The number of aliphatic hydroxyl groups excluding tert-OH is 2. The van der Waals surface area contributed by atoms with E-state index in [1.54, 1.807) is 0 Å². The number of aliphatic hydroxyl groups is 2. The van der Waals surface area contributed by atoms with Gasteiger partial charge >= 0.3 is 0 Å². The molecule has 1 aromatic rings. The van der Waals surface area contributed by atoms with Crippen molar-refractivity contribution in [2.24, 2.45) is 0 Å². The summed E-state index contributed by atoms with van der Waals surface area (Å²) in [6.07, 6.45) is 3.93. The van der Waals surface area contributed by atoms with Gasteiger partial charge in [0.25, 0.3) is 0 Å². The van der Waals surface area contributed by atoms with E-state index in [1.807, 2.05) is 64.2 Å². The molecule has 0 aliphatic rings. The van der Waals surface area contributed by atoms with E-state index >= 15 is 0 Å². The smallest absolute Gasteiger partial charge is 0.108 e. The largest absolute Gasteiger partial charge is 0.462 e. The Hall–Kier alpha value is -2.06. The van der Waals surface area contributed by atoms with Crippen molar-refractivity contribution >= 4 is 0 Å². The van der Waals surface area contributed by atoms with E-state index in [-0.39, 0.29) is 10.8 Å². The van der Waals surface area contributed by atoms with Crippen LogP contribution in [-0.2, 0) is 10.8 Å². The van der Waals surface area contributed by atoms with Crippen molar-refractivity contribution in [3.05, 3.63) is 35.4 Å². The lowest BCUT2D eigenvalue weighted by Gasteiger charge is -2.21. The molecule has 0 unspecified atom stereocenters. The van der Waals surface area contributed by atoms with Gasteiger partial charge in [-0.2, -0.15) is 0 Å². The van der Waals surface area contributed by atoms with Crippen LogP contribution in [0.4, 0.5) is 0 Å². The van der Waals surface area contributed by atoms with Gasteiger partial charge in [0, 0.05) is 0 Å². The summed E-state index contributed by atoms with van der Waals surface area (Å²) in [5.41, 5.74) is 1.28. The van der Waals surface area contributed by atoms with Crippen molar-refractivity contribution < 1.29 is 10.2 Å². The highest BCUT2D eigenvalue weighted by Gasteiger charge is 2.21. The van der Waals surface area contributed by atoms with Crippen molar-refractivity contribution in [1.82, 2.24) is 0 Å². The highest BCUT2D eigenvalue weighted by atomic mass is 16.2. The Morgan fingerprint density at radius 3 is 1.22 bits per heavy atom. The molecule has 18 heavy (non-hydrogen) atoms. The van der Waals surface area contributed by atoms with Crippen molar-refractivity contribution in [3.63, 3.8) is 0 Å². The molecule has 0 spiro atoms. The van der Waals surface area contributed by atoms with Crippen molar-refractivity contribution in [2.75, 3.05) is 0 Å². The second-order valence-electron chi connectivity index (χ2n) is 5.30. The second-order valence-corrected chi connectivity index (χ2v) is 5.30. The van der Waals surface area contributed by atoms with Gasteiger partial charge in [-0.1, -0.05) is 24.3 Å². The quantitative estimate of drug-likeness (QED) is 0.783. The second kappa shape index (κ2) is 5.07. The number of benzene rings is 1. The van der Waals surface area contributed by atoms with Gasteiger partial charge in [0.1, 0.15) is 12.2 Å². The molecule has 0 radical (unpaired) electrons. The van der Waals surface area contributed by atoms with Crippen LogP contribution in [0.15, 0.2) is 24.3 Å². The molecule has 94 valence electrons. The van der Waals surface area contributed by atoms with Crippen molar-refractivity contribution in [3.8, 4) is 24.1 Å². The number of hydrogen-bond acceptors (Lipinski definition) is 2. The van der Waals surface area contributed by atoms with Crippen LogP contribution in [0.3, 0.4) is 0 Å². The Morgan fingerprint density at radius 1 is 0.722 bits per heavy atom. The third-order valence-electron chi connectivity index (χ3n) is 3.07. The molecule has 2 N–H and O–H groups in total. The average molecular weight is 242 g/mol. The topological polar surface area (TPSA) is 40.5 Å². The molecule has 0 saturated carbocycles. The fraction of sp³-hybridized carbons (Fsp3) is 0.375. The highest BCUT2D eigenvalue weighted by molar-refractivity contribution is 5.39. The molecule has 1 aromatic carbocycles. The number of rotatable bonds is 2. The first-order valence-corrected chi connectivity index (χ1v) is 5.77. The average Bonchev–Trinajstić information content (AvgIpc) is 2.29. The lowest BCUT2D eigenvalue weighted by Crippen LogP contribution is -2.17. The zero-order valence-electron chi connectivity index (χ0n) is 11.2. The van der Waals surface area contributed by atoms with Gasteiger partial charge in [0.2, 0.25) is 0 Å². The maximum absolute atomic E-state index is 8.71. The molecule has 2 heteroatoms. The van der Waals surface area contributed by atoms with E-state index in [0.29, 0.717) is 0 Å². The van der Waals surface area contributed by atoms with Crippen LogP contribution in [0, 0.1) is 24.1 Å². The molecule has 1 rings (SSSR count). The molecule has 0 fully saturated rings. The minimum atomic E-state index is -0.389. The summed E-state index contributed by atoms with van der Waals surface area (Å²) in [5, 5.41) is 17.4. The fourth-order valence-electron chi connectivity index (χ4n) is 1.73. The van der Waals surface area contributed by atoms with E-state index in [1.165, 1.54) is 0 Å². The fourth-order valence-corrected chi connectivity index (χ4v) is 1.73. The van der Waals surface area contributed by atoms with E-state index in [0.717, 1.165) is 11.1 Å². The molecule has 0 bridgehead atoms. The van der Waals surface area contributed by atoms with E-state index in [4.69, 9.17) is 10.2 Å². The van der Waals surface area contributed by atoms with Gasteiger partial charge in [0.15, 0.2) is 0 Å².